The van der Waals surface area contributed by atoms with Crippen LogP contribution in [0.4, 0.5) is 10.2 Å². The van der Waals surface area contributed by atoms with E-state index in [2.05, 4.69) is 10.4 Å². The molecule has 0 aliphatic rings. The zero-order valence-corrected chi connectivity index (χ0v) is 16.4. The van der Waals surface area contributed by atoms with E-state index >= 15 is 0 Å². The Morgan fingerprint density at radius 1 is 1.00 bits per heavy atom. The number of carbonyl (C=O) groups is 1. The molecule has 1 aromatic heterocycles. The van der Waals surface area contributed by atoms with Crippen LogP contribution in [0.3, 0.4) is 0 Å². The van der Waals surface area contributed by atoms with Crippen LogP contribution in [0.25, 0.3) is 11.3 Å². The van der Waals surface area contributed by atoms with Crippen molar-refractivity contribution in [1.29, 1.82) is 0 Å². The van der Waals surface area contributed by atoms with Gasteiger partial charge in [-0.15, -0.1) is 0 Å². The van der Waals surface area contributed by atoms with E-state index in [9.17, 15) is 9.18 Å². The molecule has 150 valence electrons. The van der Waals surface area contributed by atoms with Crippen molar-refractivity contribution in [3.05, 3.63) is 102 Å². The Kier molecular flexibility index (Phi) is 5.57. The van der Waals surface area contributed by atoms with Gasteiger partial charge < -0.3 is 10.1 Å². The van der Waals surface area contributed by atoms with Crippen molar-refractivity contribution in [2.45, 2.75) is 6.54 Å². The van der Waals surface area contributed by atoms with Crippen molar-refractivity contribution in [1.82, 2.24) is 9.78 Å². The quantitative estimate of drug-likeness (QED) is 0.494. The van der Waals surface area contributed by atoms with E-state index in [0.717, 1.165) is 5.56 Å². The Labute approximate surface area is 173 Å². The molecule has 0 saturated heterocycles. The zero-order chi connectivity index (χ0) is 20.9. The van der Waals surface area contributed by atoms with Gasteiger partial charge in [0.15, 0.2) is 0 Å². The van der Waals surface area contributed by atoms with Gasteiger partial charge in [0, 0.05) is 18.2 Å². The number of hydrogen-bond acceptors (Lipinski definition) is 4. The highest BCUT2D eigenvalue weighted by atomic mass is 19.1. The van der Waals surface area contributed by atoms with E-state index in [-0.39, 0.29) is 5.91 Å². The Morgan fingerprint density at radius 2 is 1.70 bits per heavy atom. The second kappa shape index (κ2) is 8.61. The summed E-state index contributed by atoms with van der Waals surface area (Å²) in [5.74, 6) is 0.138. The number of ether oxygens (including phenoxy) is 1. The Hall–Kier alpha value is -3.93. The van der Waals surface area contributed by atoms with Crippen molar-refractivity contribution in [2.75, 3.05) is 12.4 Å². The summed E-state index contributed by atoms with van der Waals surface area (Å²) >= 11 is 0. The average Bonchev–Trinajstić information content (AvgIpc) is 3.22. The predicted molar refractivity (Wildman–Crippen MR) is 114 cm³/mol. The van der Waals surface area contributed by atoms with E-state index in [1.54, 1.807) is 48.5 Å². The largest absolute Gasteiger partial charge is 0.496 e. The number of halogens is 1. The molecule has 4 aromatic rings. The van der Waals surface area contributed by atoms with Gasteiger partial charge in [0.2, 0.25) is 0 Å². The molecule has 0 spiro atoms. The summed E-state index contributed by atoms with van der Waals surface area (Å²) in [6.45, 7) is 0.489. The summed E-state index contributed by atoms with van der Waals surface area (Å²) in [5.41, 5.74) is 2.10. The molecular weight excluding hydrogens is 381 g/mol. The lowest BCUT2D eigenvalue weighted by Crippen LogP contribution is -2.18. The van der Waals surface area contributed by atoms with Crippen LogP contribution in [0.15, 0.2) is 84.9 Å². The minimum Gasteiger partial charge on any atom is -0.496 e. The lowest BCUT2D eigenvalue weighted by atomic mass is 10.1. The first kappa shape index (κ1) is 19.4. The monoisotopic (exact) mass is 401 g/mol. The molecule has 1 N–H and O–H groups in total. The maximum atomic E-state index is 14.3. The number of methoxy groups -OCH3 is 1. The highest BCUT2D eigenvalue weighted by Gasteiger charge is 2.21. The van der Waals surface area contributed by atoms with Gasteiger partial charge in [-0.2, -0.15) is 9.78 Å². The van der Waals surface area contributed by atoms with Crippen LogP contribution in [-0.4, -0.2) is 22.8 Å². The first-order chi connectivity index (χ1) is 14.7. The summed E-state index contributed by atoms with van der Waals surface area (Å²) in [4.78, 5) is 13.3. The molecule has 5 nitrogen and oxygen atoms in total. The Morgan fingerprint density at radius 3 is 2.47 bits per heavy atom. The molecule has 3 aromatic carbocycles. The lowest BCUT2D eigenvalue weighted by Gasteiger charge is -2.11. The van der Waals surface area contributed by atoms with E-state index < -0.39 is 5.82 Å². The molecule has 0 atom stereocenters. The molecule has 0 saturated carbocycles. The Balaban J connectivity index is 1.75. The highest BCUT2D eigenvalue weighted by Crippen LogP contribution is 2.27. The number of nitrogens with one attached hydrogen (secondary N) is 1. The Bertz CT molecular complexity index is 1170. The highest BCUT2D eigenvalue weighted by molar-refractivity contribution is 6.00. The molecule has 0 fully saturated rings. The maximum absolute atomic E-state index is 14.3. The van der Waals surface area contributed by atoms with Gasteiger partial charge in [-0.1, -0.05) is 54.6 Å². The minimum atomic E-state index is -0.401. The molecule has 0 bridgehead atoms. The van der Waals surface area contributed by atoms with Crippen LogP contribution in [-0.2, 0) is 6.54 Å². The van der Waals surface area contributed by atoms with Crippen molar-refractivity contribution in [2.24, 2.45) is 0 Å². The van der Waals surface area contributed by atoms with Gasteiger partial charge >= 0.3 is 0 Å². The first-order valence-electron chi connectivity index (χ1n) is 9.48. The third-order valence-electron chi connectivity index (χ3n) is 4.71. The van der Waals surface area contributed by atoms with Crippen molar-refractivity contribution in [3.63, 3.8) is 0 Å². The second-order valence-electron chi connectivity index (χ2n) is 6.65. The fourth-order valence-electron chi connectivity index (χ4n) is 3.19. The second-order valence-corrected chi connectivity index (χ2v) is 6.65. The average molecular weight is 401 g/mol. The lowest BCUT2D eigenvalue weighted by molar-refractivity contribution is 0.0945. The number of nitrogens with zero attached hydrogens (tertiary/aromatic N) is 2. The summed E-state index contributed by atoms with van der Waals surface area (Å²) in [5, 5.41) is 7.66. The predicted octanol–water partition coefficient (Wildman–Crippen LogP) is 5.00. The van der Waals surface area contributed by atoms with E-state index in [4.69, 9.17) is 4.74 Å². The third kappa shape index (κ3) is 3.93. The molecule has 0 aliphatic carbocycles. The normalized spacial score (nSPS) is 10.6. The first-order valence-corrected chi connectivity index (χ1v) is 9.48. The fraction of sp³-hybridized carbons (Fsp3) is 0.0833. The van der Waals surface area contributed by atoms with E-state index in [0.29, 0.717) is 34.9 Å². The van der Waals surface area contributed by atoms with Gasteiger partial charge in [-0.05, 0) is 29.8 Å². The van der Waals surface area contributed by atoms with Crippen LogP contribution < -0.4 is 10.1 Å². The van der Waals surface area contributed by atoms with E-state index in [1.165, 1.54) is 17.9 Å². The van der Waals surface area contributed by atoms with Gasteiger partial charge in [0.05, 0.1) is 18.4 Å². The van der Waals surface area contributed by atoms with Gasteiger partial charge in [0.1, 0.15) is 17.4 Å². The number of carbonyl (C=O) groups excluding carboxylic acids is 1. The van der Waals surface area contributed by atoms with Crippen LogP contribution in [0.5, 0.6) is 5.75 Å². The summed E-state index contributed by atoms with van der Waals surface area (Å²) in [6.07, 6.45) is 0. The van der Waals surface area contributed by atoms with Crippen LogP contribution >= 0.6 is 0 Å². The fourth-order valence-corrected chi connectivity index (χ4v) is 3.19. The summed E-state index contributed by atoms with van der Waals surface area (Å²) in [7, 11) is 1.51. The topological polar surface area (TPSA) is 56.2 Å². The van der Waals surface area contributed by atoms with Crippen molar-refractivity contribution >= 4 is 11.7 Å². The molecule has 0 aliphatic heterocycles. The standard InChI is InChI=1S/C24H20FN3O2/c1-30-22-14-8-6-12-19(22)24(29)28-23(26-16-17-9-3-2-4-10-17)15-21(27-28)18-11-5-7-13-20(18)25/h2-15,26H,16H2,1H3. The zero-order valence-electron chi connectivity index (χ0n) is 16.4. The SMILES string of the molecule is COc1ccccc1C(=O)n1nc(-c2ccccc2F)cc1NCc1ccccc1. The van der Waals surface area contributed by atoms with Crippen molar-refractivity contribution in [3.8, 4) is 17.0 Å². The van der Waals surface area contributed by atoms with Gasteiger partial charge in [0.25, 0.3) is 5.91 Å². The molecule has 30 heavy (non-hydrogen) atoms. The molecule has 4 rings (SSSR count). The summed E-state index contributed by atoms with van der Waals surface area (Å²) < 4.78 is 20.9. The molecule has 0 amide bonds. The van der Waals surface area contributed by atoms with Crippen molar-refractivity contribution < 1.29 is 13.9 Å². The smallest absolute Gasteiger partial charge is 0.283 e. The van der Waals surface area contributed by atoms with Gasteiger partial charge in [-0.25, -0.2) is 4.39 Å². The van der Waals surface area contributed by atoms with Crippen LogP contribution in [0, 0.1) is 5.82 Å². The minimum absolute atomic E-state index is 0.326. The van der Waals surface area contributed by atoms with Crippen LogP contribution in [0.1, 0.15) is 15.9 Å². The molecular formula is C24H20FN3O2. The number of aromatic nitrogens is 2. The number of anilines is 1. The van der Waals surface area contributed by atoms with E-state index in [1.807, 2.05) is 30.3 Å². The van der Waals surface area contributed by atoms with Gasteiger partial charge in [-0.3, -0.25) is 4.79 Å². The number of hydrogen-bond donors (Lipinski definition) is 1. The number of rotatable bonds is 6. The van der Waals surface area contributed by atoms with Crippen LogP contribution in [0.2, 0.25) is 0 Å². The number of para-hydroxylation sites is 1. The molecule has 1 heterocycles. The maximum Gasteiger partial charge on any atom is 0.283 e. The molecule has 0 unspecified atom stereocenters. The molecule has 0 radical (unpaired) electrons. The molecule has 6 heteroatoms. The number of benzene rings is 3. The third-order valence-corrected chi connectivity index (χ3v) is 4.71. The summed E-state index contributed by atoms with van der Waals surface area (Å²) in [6, 6.07) is 24.7.